The smallest absolute Gasteiger partial charge is 0.241 e. The maximum absolute atomic E-state index is 12.4. The van der Waals surface area contributed by atoms with Crippen LogP contribution in [-0.2, 0) is 4.79 Å². The van der Waals surface area contributed by atoms with Crippen LogP contribution in [0.3, 0.4) is 0 Å². The lowest BCUT2D eigenvalue weighted by Gasteiger charge is -2.47. The third-order valence-electron chi connectivity index (χ3n) is 4.72. The van der Waals surface area contributed by atoms with E-state index in [0.29, 0.717) is 17.9 Å². The van der Waals surface area contributed by atoms with Crippen molar-refractivity contribution in [3.63, 3.8) is 0 Å². The fourth-order valence-corrected chi connectivity index (χ4v) is 3.63. The van der Waals surface area contributed by atoms with Crippen LogP contribution < -0.4 is 5.32 Å². The minimum atomic E-state index is 0.0467. The van der Waals surface area contributed by atoms with E-state index >= 15 is 0 Å². The van der Waals surface area contributed by atoms with Gasteiger partial charge in [-0.15, -0.1) is 0 Å². The number of hydrogen-bond acceptors (Lipinski definition) is 3. The van der Waals surface area contributed by atoms with Crippen molar-refractivity contribution in [3.05, 3.63) is 0 Å². The highest BCUT2D eigenvalue weighted by atomic mass is 16.2. The van der Waals surface area contributed by atoms with Crippen molar-refractivity contribution >= 4 is 5.91 Å². The van der Waals surface area contributed by atoms with Crippen molar-refractivity contribution in [2.24, 2.45) is 11.8 Å². The number of hydrogen-bond donors (Lipinski definition) is 1. The van der Waals surface area contributed by atoms with Crippen molar-refractivity contribution in [3.8, 4) is 0 Å². The lowest BCUT2D eigenvalue weighted by molar-refractivity contribution is -0.135. The standard InChI is InChI=1S/C13H23N3O/c1-9(2)12-13(17)16(8-14-12)11-7-15-5-3-10(11)4-6-15/h9-12,14H,3-8H2,1-2H3. The fraction of sp³-hybridized carbons (Fsp3) is 0.923. The molecular formula is C13H23N3O. The van der Waals surface area contributed by atoms with E-state index in [1.54, 1.807) is 0 Å². The molecule has 0 aromatic carbocycles. The zero-order chi connectivity index (χ0) is 12.0. The second-order valence-corrected chi connectivity index (χ2v) is 6.10. The largest absolute Gasteiger partial charge is 0.324 e. The predicted molar refractivity (Wildman–Crippen MR) is 66.4 cm³/mol. The SMILES string of the molecule is CC(C)C1NCN(C2CN3CCC2CC3)C1=O. The summed E-state index contributed by atoms with van der Waals surface area (Å²) in [5.41, 5.74) is 0. The van der Waals surface area contributed by atoms with E-state index in [0.717, 1.165) is 19.1 Å². The maximum Gasteiger partial charge on any atom is 0.241 e. The number of rotatable bonds is 2. The van der Waals surface area contributed by atoms with Crippen molar-refractivity contribution in [2.45, 2.75) is 38.8 Å². The molecule has 0 aromatic heterocycles. The maximum atomic E-state index is 12.4. The molecule has 0 aliphatic carbocycles. The first kappa shape index (κ1) is 11.5. The molecule has 4 aliphatic rings. The molecule has 0 spiro atoms. The van der Waals surface area contributed by atoms with Gasteiger partial charge < -0.3 is 9.80 Å². The van der Waals surface area contributed by atoms with Gasteiger partial charge in [-0.05, 0) is 37.8 Å². The molecule has 4 fully saturated rings. The molecule has 4 nitrogen and oxygen atoms in total. The van der Waals surface area contributed by atoms with Gasteiger partial charge in [-0.25, -0.2) is 0 Å². The summed E-state index contributed by atoms with van der Waals surface area (Å²) in [7, 11) is 0. The number of carbonyl (C=O) groups is 1. The third-order valence-corrected chi connectivity index (χ3v) is 4.72. The lowest BCUT2D eigenvalue weighted by atomic mass is 9.83. The summed E-state index contributed by atoms with van der Waals surface area (Å²) in [5.74, 6) is 1.48. The molecule has 4 rings (SSSR count). The highest BCUT2D eigenvalue weighted by molar-refractivity contribution is 5.84. The molecule has 4 heteroatoms. The summed E-state index contributed by atoms with van der Waals surface area (Å²) < 4.78 is 0. The molecule has 4 heterocycles. The molecule has 0 saturated carbocycles. The molecule has 1 N–H and O–H groups in total. The quantitative estimate of drug-likeness (QED) is 0.759. The van der Waals surface area contributed by atoms with Crippen molar-refractivity contribution < 1.29 is 4.79 Å². The molecule has 0 radical (unpaired) electrons. The van der Waals surface area contributed by atoms with Crippen LogP contribution in [0.4, 0.5) is 0 Å². The average Bonchev–Trinajstić information content (AvgIpc) is 2.72. The van der Waals surface area contributed by atoms with Crippen LogP contribution in [0.1, 0.15) is 26.7 Å². The first-order chi connectivity index (χ1) is 8.16. The first-order valence-electron chi connectivity index (χ1n) is 6.93. The van der Waals surface area contributed by atoms with Gasteiger partial charge in [-0.1, -0.05) is 13.8 Å². The molecule has 2 bridgehead atoms. The highest BCUT2D eigenvalue weighted by Gasteiger charge is 2.43. The first-order valence-corrected chi connectivity index (χ1v) is 6.93. The normalized spacial score (nSPS) is 41.6. The Morgan fingerprint density at radius 3 is 2.47 bits per heavy atom. The monoisotopic (exact) mass is 237 g/mol. The molecule has 2 unspecified atom stereocenters. The Balaban J connectivity index is 1.71. The van der Waals surface area contributed by atoms with Gasteiger partial charge in [0.25, 0.3) is 0 Å². The topological polar surface area (TPSA) is 35.6 Å². The van der Waals surface area contributed by atoms with E-state index in [1.807, 2.05) is 0 Å². The van der Waals surface area contributed by atoms with Gasteiger partial charge in [0.2, 0.25) is 5.91 Å². The summed E-state index contributed by atoms with van der Waals surface area (Å²) in [4.78, 5) is 17.0. The van der Waals surface area contributed by atoms with Crippen molar-refractivity contribution in [1.82, 2.24) is 15.1 Å². The van der Waals surface area contributed by atoms with Gasteiger partial charge in [0, 0.05) is 12.6 Å². The molecule has 17 heavy (non-hydrogen) atoms. The number of nitrogens with zero attached hydrogens (tertiary/aromatic N) is 2. The Hall–Kier alpha value is -0.610. The van der Waals surface area contributed by atoms with E-state index in [-0.39, 0.29) is 6.04 Å². The minimum absolute atomic E-state index is 0.0467. The van der Waals surface area contributed by atoms with Crippen LogP contribution in [-0.4, -0.2) is 54.1 Å². The summed E-state index contributed by atoms with van der Waals surface area (Å²) >= 11 is 0. The second kappa shape index (κ2) is 4.25. The van der Waals surface area contributed by atoms with Crippen molar-refractivity contribution in [1.29, 1.82) is 0 Å². The zero-order valence-electron chi connectivity index (χ0n) is 10.9. The Morgan fingerprint density at radius 1 is 1.29 bits per heavy atom. The second-order valence-electron chi connectivity index (χ2n) is 6.10. The van der Waals surface area contributed by atoms with E-state index in [1.165, 1.54) is 25.9 Å². The number of piperidine rings is 3. The fourth-order valence-electron chi connectivity index (χ4n) is 3.63. The van der Waals surface area contributed by atoms with Crippen LogP contribution in [0.2, 0.25) is 0 Å². The van der Waals surface area contributed by atoms with Gasteiger partial charge in [-0.3, -0.25) is 10.1 Å². The predicted octanol–water partition coefficient (Wildman–Crippen LogP) is 0.494. The summed E-state index contributed by atoms with van der Waals surface area (Å²) in [6.45, 7) is 8.58. The highest BCUT2D eigenvalue weighted by Crippen LogP contribution is 2.32. The van der Waals surface area contributed by atoms with Gasteiger partial charge in [-0.2, -0.15) is 0 Å². The average molecular weight is 237 g/mol. The van der Waals surface area contributed by atoms with E-state index < -0.39 is 0 Å². The van der Waals surface area contributed by atoms with Gasteiger partial charge >= 0.3 is 0 Å². The molecular weight excluding hydrogens is 214 g/mol. The van der Waals surface area contributed by atoms with Crippen LogP contribution in [0, 0.1) is 11.8 Å². The summed E-state index contributed by atoms with van der Waals surface area (Å²) in [6.07, 6.45) is 2.56. The van der Waals surface area contributed by atoms with Gasteiger partial charge in [0.05, 0.1) is 12.7 Å². The summed E-state index contributed by atoms with van der Waals surface area (Å²) in [6, 6.07) is 0.520. The minimum Gasteiger partial charge on any atom is -0.324 e. The Morgan fingerprint density at radius 2 is 2.00 bits per heavy atom. The Labute approximate surface area is 103 Å². The molecule has 1 amide bonds. The van der Waals surface area contributed by atoms with Crippen LogP contribution in [0.5, 0.6) is 0 Å². The number of nitrogens with one attached hydrogen (secondary N) is 1. The molecule has 0 aromatic rings. The lowest BCUT2D eigenvalue weighted by Crippen LogP contribution is -2.58. The third kappa shape index (κ3) is 1.87. The van der Waals surface area contributed by atoms with E-state index in [2.05, 4.69) is 29.0 Å². The van der Waals surface area contributed by atoms with Crippen LogP contribution in [0.25, 0.3) is 0 Å². The molecule has 2 atom stereocenters. The van der Waals surface area contributed by atoms with E-state index in [9.17, 15) is 4.79 Å². The Bertz CT molecular complexity index is 310. The number of fused-ring (bicyclic) bond motifs is 3. The molecule has 4 aliphatic heterocycles. The van der Waals surface area contributed by atoms with E-state index in [4.69, 9.17) is 0 Å². The Kier molecular flexibility index (Phi) is 2.87. The molecule has 96 valence electrons. The van der Waals surface area contributed by atoms with Crippen LogP contribution in [0.15, 0.2) is 0 Å². The molecule has 4 saturated heterocycles. The van der Waals surface area contributed by atoms with Crippen molar-refractivity contribution in [2.75, 3.05) is 26.3 Å². The zero-order valence-corrected chi connectivity index (χ0v) is 10.9. The van der Waals surface area contributed by atoms with Crippen LogP contribution >= 0.6 is 0 Å². The van der Waals surface area contributed by atoms with Gasteiger partial charge in [0.15, 0.2) is 0 Å². The summed E-state index contributed by atoms with van der Waals surface area (Å²) in [5, 5.41) is 3.37. The number of amides is 1. The van der Waals surface area contributed by atoms with Gasteiger partial charge in [0.1, 0.15) is 0 Å². The number of carbonyl (C=O) groups excluding carboxylic acids is 1.